The van der Waals surface area contributed by atoms with Crippen LogP contribution in [0.1, 0.15) is 54.0 Å². The molecule has 6 nitrogen and oxygen atoms in total. The smallest absolute Gasteiger partial charge is 0.444 e. The predicted octanol–water partition coefficient (Wildman–Crippen LogP) is 4.71. The molecule has 29 heavy (non-hydrogen) atoms. The van der Waals surface area contributed by atoms with Crippen molar-refractivity contribution in [3.8, 4) is 0 Å². The van der Waals surface area contributed by atoms with Crippen molar-refractivity contribution in [2.45, 2.75) is 65.3 Å². The number of hydrogen-bond acceptors (Lipinski definition) is 4. The number of amides is 1. The molecule has 1 amide bonds. The molecule has 1 fully saturated rings. The van der Waals surface area contributed by atoms with Gasteiger partial charge in [0, 0.05) is 12.7 Å². The van der Waals surface area contributed by atoms with Gasteiger partial charge in [0.2, 0.25) is 0 Å². The second kappa shape index (κ2) is 7.54. The first-order valence-electron chi connectivity index (χ1n) is 9.97. The molecule has 3 rings (SSSR count). The maximum absolute atomic E-state index is 12.2. The zero-order valence-electron chi connectivity index (χ0n) is 18.4. The standard InChI is InChI=1S/C22H31BN2O4/c1-20(2,3)27-19(26)25-14-17(23-28-21(4,5)22(6,7)29-23)13-16-10-8-9-15-11-12-24-18(15)16/h8-13,24H,14H2,1-7H3,(H,25,26). The molecule has 1 aliphatic heterocycles. The van der Waals surface area contributed by atoms with E-state index in [0.717, 1.165) is 21.9 Å². The molecule has 1 aliphatic rings. The summed E-state index contributed by atoms with van der Waals surface area (Å²) in [7, 11) is -0.569. The lowest BCUT2D eigenvalue weighted by Crippen LogP contribution is -2.41. The second-order valence-electron chi connectivity index (χ2n) is 9.45. The lowest BCUT2D eigenvalue weighted by molar-refractivity contribution is 0.00578. The van der Waals surface area contributed by atoms with Gasteiger partial charge in [0.25, 0.3) is 0 Å². The summed E-state index contributed by atoms with van der Waals surface area (Å²) in [6.45, 7) is 13.8. The highest BCUT2D eigenvalue weighted by molar-refractivity contribution is 6.56. The first-order valence-corrected chi connectivity index (χ1v) is 9.97. The topological polar surface area (TPSA) is 72.6 Å². The van der Waals surface area contributed by atoms with Crippen LogP contribution in [0.25, 0.3) is 17.0 Å². The Morgan fingerprint density at radius 2 is 1.83 bits per heavy atom. The third-order valence-corrected chi connectivity index (χ3v) is 5.35. The van der Waals surface area contributed by atoms with E-state index in [1.165, 1.54) is 0 Å². The van der Waals surface area contributed by atoms with Gasteiger partial charge in [0.1, 0.15) is 5.60 Å². The number of carbonyl (C=O) groups excluding carboxylic acids is 1. The van der Waals surface area contributed by atoms with Crippen molar-refractivity contribution in [2.75, 3.05) is 6.54 Å². The van der Waals surface area contributed by atoms with Crippen molar-refractivity contribution in [3.05, 3.63) is 41.5 Å². The van der Waals surface area contributed by atoms with Crippen molar-refractivity contribution in [3.63, 3.8) is 0 Å². The summed E-state index contributed by atoms with van der Waals surface area (Å²) >= 11 is 0. The van der Waals surface area contributed by atoms with Crippen molar-refractivity contribution in [1.29, 1.82) is 0 Å². The Kier molecular flexibility index (Phi) is 5.58. The molecule has 2 heterocycles. The van der Waals surface area contributed by atoms with Crippen LogP contribution in [-0.2, 0) is 14.0 Å². The number of aromatic amines is 1. The first kappa shape index (κ1) is 21.5. The summed E-state index contributed by atoms with van der Waals surface area (Å²) in [4.78, 5) is 15.5. The van der Waals surface area contributed by atoms with E-state index in [2.05, 4.69) is 16.4 Å². The van der Waals surface area contributed by atoms with Crippen LogP contribution in [0.15, 0.2) is 35.9 Å². The van der Waals surface area contributed by atoms with Gasteiger partial charge in [-0.2, -0.15) is 0 Å². The number of alkyl carbamates (subject to hydrolysis) is 1. The molecule has 0 atom stereocenters. The van der Waals surface area contributed by atoms with E-state index in [9.17, 15) is 4.79 Å². The van der Waals surface area contributed by atoms with Crippen LogP contribution in [0, 0.1) is 0 Å². The van der Waals surface area contributed by atoms with Crippen molar-refractivity contribution in [2.24, 2.45) is 0 Å². The molecule has 1 saturated heterocycles. The van der Waals surface area contributed by atoms with Gasteiger partial charge < -0.3 is 24.3 Å². The number of fused-ring (bicyclic) bond motifs is 1. The minimum atomic E-state index is -0.569. The first-order chi connectivity index (χ1) is 13.4. The fourth-order valence-electron chi connectivity index (χ4n) is 3.11. The fraction of sp³-hybridized carbons (Fsp3) is 0.500. The van der Waals surface area contributed by atoms with Gasteiger partial charge in [-0.25, -0.2) is 4.79 Å². The largest absolute Gasteiger partial charge is 0.492 e. The lowest BCUT2D eigenvalue weighted by Gasteiger charge is -2.32. The highest BCUT2D eigenvalue weighted by Crippen LogP contribution is 2.39. The Balaban J connectivity index is 1.90. The summed E-state index contributed by atoms with van der Waals surface area (Å²) in [5.41, 5.74) is 1.34. The minimum Gasteiger partial charge on any atom is -0.444 e. The van der Waals surface area contributed by atoms with E-state index >= 15 is 0 Å². The molecule has 1 aromatic carbocycles. The number of nitrogens with one attached hydrogen (secondary N) is 2. The van der Waals surface area contributed by atoms with E-state index in [-0.39, 0.29) is 6.54 Å². The summed E-state index contributed by atoms with van der Waals surface area (Å²) in [5.74, 6) is 0. The minimum absolute atomic E-state index is 0.253. The maximum Gasteiger partial charge on any atom is 0.492 e. The average Bonchev–Trinajstić information content (AvgIpc) is 3.12. The quantitative estimate of drug-likeness (QED) is 0.732. The van der Waals surface area contributed by atoms with Gasteiger partial charge in [0.05, 0.1) is 16.7 Å². The molecule has 7 heteroatoms. The normalized spacial score (nSPS) is 18.9. The summed E-state index contributed by atoms with van der Waals surface area (Å²) < 4.78 is 17.8. The Morgan fingerprint density at radius 3 is 2.45 bits per heavy atom. The summed E-state index contributed by atoms with van der Waals surface area (Å²) in [6, 6.07) is 8.11. The van der Waals surface area contributed by atoms with Crippen molar-refractivity contribution in [1.82, 2.24) is 10.3 Å². The monoisotopic (exact) mass is 398 g/mol. The Hall–Kier alpha value is -2.25. The number of ether oxygens (including phenoxy) is 1. The van der Waals surface area contributed by atoms with Crippen LogP contribution < -0.4 is 5.32 Å². The van der Waals surface area contributed by atoms with Crippen LogP contribution in [0.5, 0.6) is 0 Å². The molecule has 0 unspecified atom stereocenters. The molecule has 0 saturated carbocycles. The fourth-order valence-corrected chi connectivity index (χ4v) is 3.11. The molecule has 0 radical (unpaired) electrons. The number of rotatable bonds is 4. The van der Waals surface area contributed by atoms with Crippen LogP contribution in [0.4, 0.5) is 4.79 Å². The molecule has 2 N–H and O–H groups in total. The lowest BCUT2D eigenvalue weighted by atomic mass is 9.77. The van der Waals surface area contributed by atoms with Crippen LogP contribution in [0.2, 0.25) is 0 Å². The number of H-pyrrole nitrogens is 1. The number of carbonyl (C=O) groups is 1. The number of para-hydroxylation sites is 1. The summed E-state index contributed by atoms with van der Waals surface area (Å²) in [6.07, 6.45) is 3.45. The van der Waals surface area contributed by atoms with E-state index in [0.29, 0.717) is 0 Å². The maximum atomic E-state index is 12.2. The molecule has 0 aliphatic carbocycles. The zero-order valence-corrected chi connectivity index (χ0v) is 18.4. The average molecular weight is 398 g/mol. The molecule has 0 bridgehead atoms. The van der Waals surface area contributed by atoms with E-state index in [1.807, 2.05) is 78.9 Å². The number of hydrogen-bond donors (Lipinski definition) is 2. The molecular formula is C22H31BN2O4. The molecule has 1 aromatic heterocycles. The van der Waals surface area contributed by atoms with E-state index < -0.39 is 30.0 Å². The van der Waals surface area contributed by atoms with Crippen LogP contribution in [0.3, 0.4) is 0 Å². The number of aromatic nitrogens is 1. The predicted molar refractivity (Wildman–Crippen MR) is 117 cm³/mol. The summed E-state index contributed by atoms with van der Waals surface area (Å²) in [5, 5.41) is 3.95. The molecule has 156 valence electrons. The Bertz CT molecular complexity index is 908. The highest BCUT2D eigenvalue weighted by atomic mass is 16.7. The van der Waals surface area contributed by atoms with Crippen LogP contribution >= 0.6 is 0 Å². The Labute approximate surface area is 173 Å². The SMILES string of the molecule is CC(C)(C)OC(=O)NCC(=Cc1cccc2cc[nH]c12)B1OC(C)(C)C(C)(C)O1. The van der Waals surface area contributed by atoms with Gasteiger partial charge in [-0.05, 0) is 71.0 Å². The third-order valence-electron chi connectivity index (χ3n) is 5.35. The van der Waals surface area contributed by atoms with Gasteiger partial charge >= 0.3 is 13.2 Å². The van der Waals surface area contributed by atoms with Gasteiger partial charge in [0.15, 0.2) is 0 Å². The van der Waals surface area contributed by atoms with Crippen LogP contribution in [-0.4, -0.2) is 41.5 Å². The Morgan fingerprint density at radius 1 is 1.17 bits per heavy atom. The second-order valence-corrected chi connectivity index (χ2v) is 9.45. The van der Waals surface area contributed by atoms with Crippen molar-refractivity contribution < 1.29 is 18.8 Å². The molecular weight excluding hydrogens is 367 g/mol. The zero-order chi connectivity index (χ0) is 21.4. The van der Waals surface area contributed by atoms with Gasteiger partial charge in [-0.15, -0.1) is 0 Å². The highest BCUT2D eigenvalue weighted by Gasteiger charge is 2.52. The van der Waals surface area contributed by atoms with E-state index in [4.69, 9.17) is 14.0 Å². The third kappa shape index (κ3) is 4.85. The number of benzene rings is 1. The van der Waals surface area contributed by atoms with Gasteiger partial charge in [-0.1, -0.05) is 24.3 Å². The molecule has 0 spiro atoms. The van der Waals surface area contributed by atoms with E-state index in [1.54, 1.807) is 0 Å². The van der Waals surface area contributed by atoms with Gasteiger partial charge in [-0.3, -0.25) is 0 Å². The molecule has 2 aromatic rings. The van der Waals surface area contributed by atoms with Crippen molar-refractivity contribution >= 4 is 30.2 Å².